The summed E-state index contributed by atoms with van der Waals surface area (Å²) in [5, 5.41) is 22.9. The highest BCUT2D eigenvalue weighted by molar-refractivity contribution is 6.30. The zero-order valence-electron chi connectivity index (χ0n) is 15.7. The summed E-state index contributed by atoms with van der Waals surface area (Å²) >= 11 is 5.93. The molecule has 4 rings (SSSR count). The number of aromatic nitrogens is 2. The Morgan fingerprint density at radius 2 is 1.83 bits per heavy atom. The van der Waals surface area contributed by atoms with Crippen LogP contribution in [0, 0.1) is 20.2 Å². The van der Waals surface area contributed by atoms with Crippen LogP contribution in [0.15, 0.2) is 48.7 Å². The Morgan fingerprint density at radius 1 is 1.07 bits per heavy atom. The van der Waals surface area contributed by atoms with Gasteiger partial charge in [-0.2, -0.15) is 0 Å². The van der Waals surface area contributed by atoms with E-state index in [2.05, 4.69) is 9.97 Å². The first-order chi connectivity index (χ1) is 14.4. The van der Waals surface area contributed by atoms with Crippen LogP contribution in [0.5, 0.6) is 0 Å². The average Bonchev–Trinajstić information content (AvgIpc) is 2.74. The van der Waals surface area contributed by atoms with E-state index in [1.54, 1.807) is 18.3 Å². The van der Waals surface area contributed by atoms with E-state index in [0.717, 1.165) is 22.9 Å². The fourth-order valence-corrected chi connectivity index (χ4v) is 3.58. The largest absolute Gasteiger partial charge is 0.294 e. The summed E-state index contributed by atoms with van der Waals surface area (Å²) in [6, 6.07) is 11.1. The first-order valence-electron chi connectivity index (χ1n) is 9.15. The van der Waals surface area contributed by atoms with Gasteiger partial charge >= 0.3 is 0 Å². The van der Waals surface area contributed by atoms with Crippen LogP contribution in [0.1, 0.15) is 16.8 Å². The number of non-ortho nitro benzene ring substituents is 1. The van der Waals surface area contributed by atoms with Crippen LogP contribution in [0.4, 0.5) is 11.4 Å². The van der Waals surface area contributed by atoms with Gasteiger partial charge in [0.25, 0.3) is 11.4 Å². The zero-order valence-corrected chi connectivity index (χ0v) is 16.5. The van der Waals surface area contributed by atoms with E-state index in [4.69, 9.17) is 11.6 Å². The van der Waals surface area contributed by atoms with Crippen LogP contribution in [0.2, 0.25) is 5.02 Å². The third kappa shape index (κ3) is 4.12. The summed E-state index contributed by atoms with van der Waals surface area (Å²) in [4.78, 5) is 32.2. The molecule has 0 amide bonds. The number of hydrogen-bond donors (Lipinski definition) is 0. The molecule has 0 fully saturated rings. The van der Waals surface area contributed by atoms with Crippen LogP contribution >= 0.6 is 11.6 Å². The van der Waals surface area contributed by atoms with Gasteiger partial charge in [0.1, 0.15) is 0 Å². The molecule has 0 atom stereocenters. The number of fused-ring (bicyclic) bond motifs is 1. The Bertz CT molecular complexity index is 1140. The highest BCUT2D eigenvalue weighted by Gasteiger charge is 2.24. The summed E-state index contributed by atoms with van der Waals surface area (Å²) in [6.45, 7) is 1.52. The van der Waals surface area contributed by atoms with Crippen molar-refractivity contribution >= 4 is 23.0 Å². The quantitative estimate of drug-likeness (QED) is 0.444. The molecule has 0 unspecified atom stereocenters. The lowest BCUT2D eigenvalue weighted by Gasteiger charge is -2.28. The molecule has 1 aromatic heterocycles. The Hall–Kier alpha value is -3.43. The summed E-state index contributed by atoms with van der Waals surface area (Å²) < 4.78 is 0. The fourth-order valence-electron chi connectivity index (χ4n) is 3.46. The maximum atomic E-state index is 11.4. The average molecular weight is 426 g/mol. The molecule has 152 valence electrons. The second-order valence-electron chi connectivity index (χ2n) is 6.96. The van der Waals surface area contributed by atoms with Crippen LogP contribution in [0.3, 0.4) is 0 Å². The molecule has 9 nitrogen and oxygen atoms in total. The number of benzene rings is 2. The van der Waals surface area contributed by atoms with Gasteiger partial charge in [0.15, 0.2) is 5.82 Å². The molecular weight excluding hydrogens is 410 g/mol. The minimum absolute atomic E-state index is 0.246. The molecule has 0 spiro atoms. The van der Waals surface area contributed by atoms with Crippen molar-refractivity contribution in [2.45, 2.75) is 19.5 Å². The molecule has 10 heteroatoms. The molecule has 30 heavy (non-hydrogen) atoms. The van der Waals surface area contributed by atoms with Crippen molar-refractivity contribution < 1.29 is 9.85 Å². The van der Waals surface area contributed by atoms with Crippen LogP contribution in [-0.2, 0) is 19.5 Å². The molecule has 0 N–H and O–H groups in total. The van der Waals surface area contributed by atoms with Gasteiger partial charge in [-0.3, -0.25) is 25.1 Å². The Kier molecular flexibility index (Phi) is 5.39. The smallest absolute Gasteiger partial charge is 0.280 e. The predicted molar refractivity (Wildman–Crippen MR) is 110 cm³/mol. The molecule has 2 aromatic carbocycles. The standard InChI is InChI=1S/C20H16ClN5O4/c21-16-4-1-13(2-5-16)20-22-10-15-12-24(8-7-18(15)23-20)11-14-3-6-17(25(27)28)9-19(14)26(29)30/h1-6,9-10H,7-8,11-12H2. The molecule has 2 heterocycles. The summed E-state index contributed by atoms with van der Waals surface area (Å²) in [5.41, 5.74) is 2.69. The van der Waals surface area contributed by atoms with E-state index in [0.29, 0.717) is 42.5 Å². The lowest BCUT2D eigenvalue weighted by Crippen LogP contribution is -2.31. The lowest BCUT2D eigenvalue weighted by atomic mass is 10.0. The van der Waals surface area contributed by atoms with Gasteiger partial charge in [-0.05, 0) is 30.3 Å². The summed E-state index contributed by atoms with van der Waals surface area (Å²) in [5.74, 6) is 0.630. The van der Waals surface area contributed by atoms with E-state index in [1.807, 2.05) is 17.0 Å². The van der Waals surface area contributed by atoms with E-state index in [-0.39, 0.29) is 11.4 Å². The molecule has 1 aliphatic rings. The molecule has 1 aliphatic heterocycles. The van der Waals surface area contributed by atoms with Gasteiger partial charge < -0.3 is 0 Å². The van der Waals surface area contributed by atoms with Gasteiger partial charge in [-0.1, -0.05) is 11.6 Å². The Balaban J connectivity index is 1.53. The van der Waals surface area contributed by atoms with Gasteiger partial charge in [0.05, 0.1) is 21.6 Å². The van der Waals surface area contributed by atoms with Crippen molar-refractivity contribution in [3.63, 3.8) is 0 Å². The van der Waals surface area contributed by atoms with Gasteiger partial charge in [-0.15, -0.1) is 0 Å². The number of nitro benzene ring substituents is 2. The van der Waals surface area contributed by atoms with Gasteiger partial charge in [0, 0.05) is 60.0 Å². The van der Waals surface area contributed by atoms with Crippen molar-refractivity contribution in [2.24, 2.45) is 0 Å². The maximum absolute atomic E-state index is 11.4. The number of halogens is 1. The first-order valence-corrected chi connectivity index (χ1v) is 9.53. The topological polar surface area (TPSA) is 115 Å². The van der Waals surface area contributed by atoms with E-state index < -0.39 is 9.85 Å². The van der Waals surface area contributed by atoms with Crippen LogP contribution in [0.25, 0.3) is 11.4 Å². The maximum Gasteiger partial charge on any atom is 0.280 e. The number of nitrogens with zero attached hydrogens (tertiary/aromatic N) is 5. The second-order valence-corrected chi connectivity index (χ2v) is 7.40. The number of hydrogen-bond acceptors (Lipinski definition) is 7. The van der Waals surface area contributed by atoms with E-state index in [9.17, 15) is 20.2 Å². The predicted octanol–water partition coefficient (Wildman–Crippen LogP) is 4.17. The lowest BCUT2D eigenvalue weighted by molar-refractivity contribution is -0.394. The van der Waals surface area contributed by atoms with Gasteiger partial charge in [0.2, 0.25) is 0 Å². The molecule has 0 saturated carbocycles. The monoisotopic (exact) mass is 425 g/mol. The van der Waals surface area contributed by atoms with Crippen molar-refractivity contribution in [1.29, 1.82) is 0 Å². The van der Waals surface area contributed by atoms with E-state index >= 15 is 0 Å². The number of rotatable bonds is 5. The third-order valence-electron chi connectivity index (χ3n) is 4.99. The van der Waals surface area contributed by atoms with Crippen molar-refractivity contribution in [1.82, 2.24) is 14.9 Å². The second kappa shape index (κ2) is 8.13. The van der Waals surface area contributed by atoms with Gasteiger partial charge in [-0.25, -0.2) is 9.97 Å². The minimum Gasteiger partial charge on any atom is -0.294 e. The highest BCUT2D eigenvalue weighted by atomic mass is 35.5. The molecule has 0 saturated heterocycles. The molecule has 0 aliphatic carbocycles. The summed E-state index contributed by atoms with van der Waals surface area (Å²) in [7, 11) is 0. The molecule has 0 radical (unpaired) electrons. The van der Waals surface area contributed by atoms with Crippen LogP contribution < -0.4 is 0 Å². The Morgan fingerprint density at radius 3 is 2.53 bits per heavy atom. The Labute approximate surface area is 176 Å². The normalized spacial score (nSPS) is 13.6. The van der Waals surface area contributed by atoms with E-state index in [1.165, 1.54) is 12.1 Å². The minimum atomic E-state index is -0.635. The van der Waals surface area contributed by atoms with Crippen molar-refractivity contribution in [3.05, 3.63) is 90.7 Å². The molecular formula is C20H16ClN5O4. The third-order valence-corrected chi connectivity index (χ3v) is 5.24. The SMILES string of the molecule is O=[N+]([O-])c1ccc(CN2CCc3nc(-c4ccc(Cl)cc4)ncc3C2)c([N+](=O)[O-])c1. The summed E-state index contributed by atoms with van der Waals surface area (Å²) in [6.07, 6.45) is 2.46. The van der Waals surface area contributed by atoms with Crippen molar-refractivity contribution in [3.8, 4) is 11.4 Å². The fraction of sp³-hybridized carbons (Fsp3) is 0.200. The number of nitro groups is 2. The van der Waals surface area contributed by atoms with Crippen molar-refractivity contribution in [2.75, 3.05) is 6.54 Å². The van der Waals surface area contributed by atoms with Crippen LogP contribution in [-0.4, -0.2) is 31.3 Å². The first kappa shape index (κ1) is 19.9. The molecule has 0 bridgehead atoms. The molecule has 3 aromatic rings. The highest BCUT2D eigenvalue weighted by Crippen LogP contribution is 2.28. The zero-order chi connectivity index (χ0) is 21.3.